The zero-order valence-electron chi connectivity index (χ0n) is 23.6. The lowest BCUT2D eigenvalue weighted by Gasteiger charge is -2.28. The third-order valence-corrected chi connectivity index (χ3v) is 6.29. The number of nitro benzene ring substituents is 1. The summed E-state index contributed by atoms with van der Waals surface area (Å²) in [6.45, 7) is 6.96. The van der Waals surface area contributed by atoms with E-state index in [1.165, 1.54) is 19.4 Å². The van der Waals surface area contributed by atoms with Gasteiger partial charge in [-0.2, -0.15) is 5.10 Å². The average Bonchev–Trinajstić information content (AvgIpc) is 2.92. The fourth-order valence-electron chi connectivity index (χ4n) is 3.98. The van der Waals surface area contributed by atoms with Crippen LogP contribution < -0.4 is 30.3 Å². The zero-order valence-corrected chi connectivity index (χ0v) is 25.2. The predicted molar refractivity (Wildman–Crippen MR) is 156 cm³/mol. The van der Waals surface area contributed by atoms with Crippen molar-refractivity contribution in [2.45, 2.75) is 46.1 Å². The number of allylic oxidation sites excluding steroid dienone is 1. The fraction of sp³-hybridized carbons (Fsp3) is 0.370. The minimum atomic E-state index is -1.25. The summed E-state index contributed by atoms with van der Waals surface area (Å²) >= 11 is 3.29. The summed E-state index contributed by atoms with van der Waals surface area (Å²) in [5.74, 6) is 0.132. The highest BCUT2D eigenvalue weighted by Gasteiger charge is 2.32. The maximum Gasteiger partial charge on any atom is 0.337 e. The van der Waals surface area contributed by atoms with Crippen LogP contribution in [0.5, 0.6) is 17.2 Å². The first-order valence-corrected chi connectivity index (χ1v) is 13.6. The Bertz CT molecular complexity index is 1400. The lowest BCUT2D eigenvalue weighted by Crippen LogP contribution is -2.45. The van der Waals surface area contributed by atoms with Gasteiger partial charge in [-0.1, -0.05) is 6.07 Å². The van der Waals surface area contributed by atoms with Gasteiger partial charge >= 0.3 is 17.7 Å². The second kappa shape index (κ2) is 14.5. The smallest absolute Gasteiger partial charge is 0.337 e. The van der Waals surface area contributed by atoms with E-state index in [0.29, 0.717) is 39.4 Å². The quantitative estimate of drug-likeness (QED) is 0.0821. The van der Waals surface area contributed by atoms with Gasteiger partial charge in [-0.15, -0.1) is 0 Å². The molecule has 1 heterocycles. The van der Waals surface area contributed by atoms with Crippen molar-refractivity contribution in [3.8, 4) is 17.2 Å². The Balaban J connectivity index is 1.71. The first-order valence-electron chi connectivity index (χ1n) is 12.8. The number of carbonyl (C=O) groups is 2. The molecule has 4 N–H and O–H groups in total. The molecule has 0 spiro atoms. The van der Waals surface area contributed by atoms with Crippen molar-refractivity contribution in [3.63, 3.8) is 0 Å². The van der Waals surface area contributed by atoms with Gasteiger partial charge in [0.05, 0.1) is 47.0 Å². The highest BCUT2D eigenvalue weighted by atomic mass is 79.9. The molecule has 0 aromatic heterocycles. The summed E-state index contributed by atoms with van der Waals surface area (Å²) in [7, 11) is 1.25. The van der Waals surface area contributed by atoms with E-state index in [2.05, 4.69) is 37.1 Å². The van der Waals surface area contributed by atoms with Crippen LogP contribution in [0.2, 0.25) is 0 Å². The van der Waals surface area contributed by atoms with Gasteiger partial charge in [0, 0.05) is 17.3 Å². The van der Waals surface area contributed by atoms with Crippen LogP contribution in [0.25, 0.3) is 0 Å². The Kier molecular flexibility index (Phi) is 11.1. The van der Waals surface area contributed by atoms with Gasteiger partial charge in [0.25, 0.3) is 0 Å². The van der Waals surface area contributed by atoms with E-state index in [1.54, 1.807) is 52.0 Å². The number of esters is 1. The molecule has 14 nitrogen and oxygen atoms in total. The number of carbonyl (C=O) groups excluding carboxylic acids is 2. The lowest BCUT2D eigenvalue weighted by atomic mass is 9.95. The molecule has 2 amide bonds. The van der Waals surface area contributed by atoms with Gasteiger partial charge in [0.1, 0.15) is 6.61 Å². The van der Waals surface area contributed by atoms with Gasteiger partial charge in [0.15, 0.2) is 17.7 Å². The second-order valence-electron chi connectivity index (χ2n) is 9.19. The number of hydrogen-bond acceptors (Lipinski definition) is 11. The van der Waals surface area contributed by atoms with E-state index in [0.717, 1.165) is 0 Å². The lowest BCUT2D eigenvalue weighted by molar-refractivity contribution is -0.386. The fourth-order valence-corrected chi connectivity index (χ4v) is 4.54. The number of aliphatic hydroxyl groups is 1. The van der Waals surface area contributed by atoms with Crippen molar-refractivity contribution < 1.29 is 38.6 Å². The number of amides is 2. The zero-order chi connectivity index (χ0) is 31.0. The van der Waals surface area contributed by atoms with E-state index in [9.17, 15) is 24.8 Å². The van der Waals surface area contributed by atoms with Crippen molar-refractivity contribution in [1.82, 2.24) is 16.1 Å². The molecule has 0 radical (unpaired) electrons. The number of halogens is 1. The average molecular weight is 650 g/mol. The van der Waals surface area contributed by atoms with E-state index in [4.69, 9.17) is 18.9 Å². The first-order chi connectivity index (χ1) is 19.9. The van der Waals surface area contributed by atoms with Crippen LogP contribution in [-0.4, -0.2) is 60.9 Å². The summed E-state index contributed by atoms with van der Waals surface area (Å²) in [6, 6.07) is 6.51. The normalized spacial score (nSPS) is 15.6. The second-order valence-corrected chi connectivity index (χ2v) is 10.0. The summed E-state index contributed by atoms with van der Waals surface area (Å²) in [4.78, 5) is 35.5. The van der Waals surface area contributed by atoms with Crippen molar-refractivity contribution in [3.05, 3.63) is 67.3 Å². The van der Waals surface area contributed by atoms with Gasteiger partial charge in [-0.3, -0.25) is 15.5 Å². The standard InChI is InChI=1S/C27H32BrN5O9/c1-6-40-21-11-17(24-23(26(35)39-5)15(4)30-27(36)31-24)7-8-20(21)41-13-22(34)32-29-12-16-9-18(28)25(42-14(2)3)19(10-16)33(37)38/h7-12,14,22,24,32,34H,6,13H2,1-5H3,(H2,30,31,36)/b29-12+/t22-,24-/m1/s1. The minimum absolute atomic E-state index is 0.111. The van der Waals surface area contributed by atoms with Crippen LogP contribution in [0.15, 0.2) is 51.2 Å². The van der Waals surface area contributed by atoms with Crippen LogP contribution in [0.3, 0.4) is 0 Å². The number of nitrogens with one attached hydrogen (secondary N) is 3. The molecular formula is C27H32BrN5O9. The molecule has 0 saturated heterocycles. The molecule has 0 saturated carbocycles. The van der Waals surface area contributed by atoms with E-state index >= 15 is 0 Å². The summed E-state index contributed by atoms with van der Waals surface area (Å²) in [6.07, 6.45) is -0.209. The molecule has 2 aromatic rings. The third kappa shape index (κ3) is 8.10. The number of nitrogens with zero attached hydrogens (tertiary/aromatic N) is 2. The number of rotatable bonds is 13. The number of aliphatic hydroxyl groups excluding tert-OH is 1. The number of methoxy groups -OCH3 is 1. The number of hydrogen-bond donors (Lipinski definition) is 4. The monoisotopic (exact) mass is 649 g/mol. The molecule has 42 heavy (non-hydrogen) atoms. The van der Waals surface area contributed by atoms with Crippen molar-refractivity contribution in [2.75, 3.05) is 20.3 Å². The Morgan fingerprint density at radius 1 is 1.26 bits per heavy atom. The first kappa shape index (κ1) is 32.1. The molecule has 1 aliphatic heterocycles. The molecule has 15 heteroatoms. The summed E-state index contributed by atoms with van der Waals surface area (Å²) in [5, 5.41) is 31.1. The summed E-state index contributed by atoms with van der Waals surface area (Å²) < 4.78 is 22.3. The maximum atomic E-state index is 12.4. The molecule has 1 aliphatic rings. The maximum absolute atomic E-state index is 12.4. The molecule has 0 bridgehead atoms. The van der Waals surface area contributed by atoms with Crippen LogP contribution in [0.4, 0.5) is 10.5 Å². The molecule has 0 aliphatic carbocycles. The Hall–Kier alpha value is -4.37. The van der Waals surface area contributed by atoms with Crippen LogP contribution in [-0.2, 0) is 9.53 Å². The Labute approximate surface area is 250 Å². The van der Waals surface area contributed by atoms with Gasteiger partial charge in [-0.25, -0.2) is 9.59 Å². The van der Waals surface area contributed by atoms with Crippen molar-refractivity contribution in [2.24, 2.45) is 5.10 Å². The highest BCUT2D eigenvalue weighted by Crippen LogP contribution is 2.37. The highest BCUT2D eigenvalue weighted by molar-refractivity contribution is 9.10. The molecule has 0 unspecified atom stereocenters. The molecule has 2 aromatic carbocycles. The molecule has 3 rings (SSSR count). The largest absolute Gasteiger partial charge is 0.490 e. The molecule has 226 valence electrons. The van der Waals surface area contributed by atoms with Crippen molar-refractivity contribution >= 4 is 39.8 Å². The third-order valence-electron chi connectivity index (χ3n) is 5.71. The Morgan fingerprint density at radius 3 is 2.64 bits per heavy atom. The van der Waals surface area contributed by atoms with Crippen LogP contribution in [0, 0.1) is 10.1 Å². The number of urea groups is 1. The molecular weight excluding hydrogens is 618 g/mol. The minimum Gasteiger partial charge on any atom is -0.490 e. The number of ether oxygens (including phenoxy) is 4. The number of hydrazone groups is 1. The van der Waals surface area contributed by atoms with Crippen molar-refractivity contribution in [1.29, 1.82) is 0 Å². The number of benzene rings is 2. The SMILES string of the molecule is CCOc1cc([C@H]2NC(=O)NC(C)=C2C(=O)OC)ccc1OC[C@@H](O)N/N=C/c1cc(Br)c(OC(C)C)c([N+](=O)[O-])c1. The summed E-state index contributed by atoms with van der Waals surface area (Å²) in [5.41, 5.74) is 3.81. The van der Waals surface area contributed by atoms with Gasteiger partial charge < -0.3 is 34.7 Å². The van der Waals surface area contributed by atoms with E-state index in [-0.39, 0.29) is 29.7 Å². The number of nitro groups is 1. The molecule has 2 atom stereocenters. The van der Waals surface area contributed by atoms with E-state index in [1.807, 2.05) is 0 Å². The van der Waals surface area contributed by atoms with Crippen LogP contribution >= 0.6 is 15.9 Å². The topological polar surface area (TPSA) is 183 Å². The molecule has 0 fully saturated rings. The van der Waals surface area contributed by atoms with E-state index < -0.39 is 29.2 Å². The Morgan fingerprint density at radius 2 is 2.00 bits per heavy atom. The van der Waals surface area contributed by atoms with Crippen LogP contribution in [0.1, 0.15) is 44.9 Å². The van der Waals surface area contributed by atoms with Gasteiger partial charge in [0.2, 0.25) is 5.75 Å². The predicted octanol–water partition coefficient (Wildman–Crippen LogP) is 3.67. The van der Waals surface area contributed by atoms with Gasteiger partial charge in [-0.05, 0) is 67.4 Å².